The molecule has 1 aromatic heterocycles. The molecule has 0 saturated carbocycles. The van der Waals surface area contributed by atoms with Crippen LogP contribution in [-0.2, 0) is 0 Å². The van der Waals surface area contributed by atoms with Crippen molar-refractivity contribution in [3.05, 3.63) is 52.7 Å². The second-order valence-corrected chi connectivity index (χ2v) is 4.72. The van der Waals surface area contributed by atoms with Gasteiger partial charge in [-0.2, -0.15) is 0 Å². The maximum absolute atomic E-state index is 6.16. The number of halogens is 1. The van der Waals surface area contributed by atoms with E-state index < -0.39 is 0 Å². The first-order valence-electron chi connectivity index (χ1n) is 5.81. The Labute approximate surface area is 112 Å². The molecule has 1 unspecified atom stereocenters. The van der Waals surface area contributed by atoms with Gasteiger partial charge in [0.15, 0.2) is 0 Å². The molecule has 4 heteroatoms. The second-order valence-electron chi connectivity index (χ2n) is 4.31. The Hall–Kier alpha value is -1.74. The number of nitrogen functional groups attached to an aromatic ring is 1. The van der Waals surface area contributed by atoms with Crippen LogP contribution in [0.15, 0.2) is 36.5 Å². The van der Waals surface area contributed by atoms with E-state index in [1.165, 1.54) is 0 Å². The molecule has 1 heterocycles. The van der Waals surface area contributed by atoms with Gasteiger partial charge in [0.2, 0.25) is 0 Å². The monoisotopic (exact) mass is 261 g/mol. The maximum Gasteiger partial charge on any atom is 0.128 e. The van der Waals surface area contributed by atoms with Crippen molar-refractivity contribution in [1.29, 1.82) is 0 Å². The van der Waals surface area contributed by atoms with Crippen LogP contribution in [-0.4, -0.2) is 4.98 Å². The first kappa shape index (κ1) is 12.7. The van der Waals surface area contributed by atoms with Crippen LogP contribution >= 0.6 is 11.6 Å². The lowest BCUT2D eigenvalue weighted by Gasteiger charge is -2.16. The minimum absolute atomic E-state index is 0.0771. The highest BCUT2D eigenvalue weighted by Gasteiger charge is 2.09. The molecule has 1 aromatic carbocycles. The van der Waals surface area contributed by atoms with E-state index in [4.69, 9.17) is 17.3 Å². The van der Waals surface area contributed by atoms with Gasteiger partial charge in [0.25, 0.3) is 0 Å². The van der Waals surface area contributed by atoms with Gasteiger partial charge in [-0.25, -0.2) is 4.98 Å². The normalized spacial score (nSPS) is 12.2. The fourth-order valence-corrected chi connectivity index (χ4v) is 2.04. The molecule has 3 nitrogen and oxygen atoms in total. The number of rotatable bonds is 3. The Bertz CT molecular complexity index is 554. The van der Waals surface area contributed by atoms with Crippen LogP contribution in [0.4, 0.5) is 11.5 Å². The molecular formula is C14H16ClN3. The Morgan fingerprint density at radius 1 is 1.33 bits per heavy atom. The summed E-state index contributed by atoms with van der Waals surface area (Å²) < 4.78 is 0. The number of anilines is 2. The van der Waals surface area contributed by atoms with E-state index in [0.29, 0.717) is 0 Å². The predicted octanol–water partition coefficient (Wildman–Crippen LogP) is 3.80. The van der Waals surface area contributed by atoms with Crippen LogP contribution in [0.3, 0.4) is 0 Å². The summed E-state index contributed by atoms with van der Waals surface area (Å²) in [5.41, 5.74) is 8.61. The first-order chi connectivity index (χ1) is 8.58. The summed E-state index contributed by atoms with van der Waals surface area (Å²) in [4.78, 5) is 4.30. The zero-order valence-corrected chi connectivity index (χ0v) is 11.2. The molecule has 0 aliphatic rings. The van der Waals surface area contributed by atoms with Crippen LogP contribution in [0.5, 0.6) is 0 Å². The zero-order chi connectivity index (χ0) is 13.1. The summed E-state index contributed by atoms with van der Waals surface area (Å²) in [7, 11) is 0. The molecule has 0 aliphatic heterocycles. The predicted molar refractivity (Wildman–Crippen MR) is 76.9 cm³/mol. The number of nitrogens with two attached hydrogens (primary N) is 1. The fourth-order valence-electron chi connectivity index (χ4n) is 1.74. The number of nitrogens with one attached hydrogen (secondary N) is 1. The SMILES string of the molecule is Cc1cnc(NC(C)c2ccccc2Cl)cc1N. The highest BCUT2D eigenvalue weighted by atomic mass is 35.5. The summed E-state index contributed by atoms with van der Waals surface area (Å²) in [6, 6.07) is 9.68. The number of aryl methyl sites for hydroxylation is 1. The quantitative estimate of drug-likeness (QED) is 0.884. The molecule has 0 amide bonds. The number of aromatic nitrogens is 1. The van der Waals surface area contributed by atoms with E-state index in [0.717, 1.165) is 27.7 Å². The lowest BCUT2D eigenvalue weighted by Crippen LogP contribution is -2.09. The number of hydrogen-bond donors (Lipinski definition) is 2. The number of pyridine rings is 1. The molecule has 94 valence electrons. The third-order valence-electron chi connectivity index (χ3n) is 2.88. The Balaban J connectivity index is 2.19. The van der Waals surface area contributed by atoms with E-state index in [1.54, 1.807) is 6.20 Å². The molecule has 0 fully saturated rings. The molecule has 1 atom stereocenters. The van der Waals surface area contributed by atoms with Gasteiger partial charge in [-0.1, -0.05) is 29.8 Å². The van der Waals surface area contributed by atoms with Gasteiger partial charge >= 0.3 is 0 Å². The first-order valence-corrected chi connectivity index (χ1v) is 6.19. The third-order valence-corrected chi connectivity index (χ3v) is 3.23. The largest absolute Gasteiger partial charge is 0.398 e. The lowest BCUT2D eigenvalue weighted by molar-refractivity contribution is 0.875. The Morgan fingerprint density at radius 2 is 2.06 bits per heavy atom. The van der Waals surface area contributed by atoms with Gasteiger partial charge in [-0.15, -0.1) is 0 Å². The molecule has 3 N–H and O–H groups in total. The van der Waals surface area contributed by atoms with Crippen LogP contribution in [0.25, 0.3) is 0 Å². The van der Waals surface area contributed by atoms with Gasteiger partial charge in [0.1, 0.15) is 5.82 Å². The topological polar surface area (TPSA) is 50.9 Å². The van der Waals surface area contributed by atoms with Crippen molar-refractivity contribution < 1.29 is 0 Å². The van der Waals surface area contributed by atoms with Crippen molar-refractivity contribution in [2.45, 2.75) is 19.9 Å². The smallest absolute Gasteiger partial charge is 0.128 e. The van der Waals surface area contributed by atoms with Crippen molar-refractivity contribution in [1.82, 2.24) is 4.98 Å². The zero-order valence-electron chi connectivity index (χ0n) is 10.4. The van der Waals surface area contributed by atoms with Crippen molar-refractivity contribution in [3.63, 3.8) is 0 Å². The highest BCUT2D eigenvalue weighted by Crippen LogP contribution is 2.25. The van der Waals surface area contributed by atoms with E-state index in [-0.39, 0.29) is 6.04 Å². The van der Waals surface area contributed by atoms with Crippen molar-refractivity contribution in [2.75, 3.05) is 11.1 Å². The van der Waals surface area contributed by atoms with Crippen molar-refractivity contribution in [2.24, 2.45) is 0 Å². The average molecular weight is 262 g/mol. The molecular weight excluding hydrogens is 246 g/mol. The summed E-state index contributed by atoms with van der Waals surface area (Å²) in [6.07, 6.45) is 1.76. The van der Waals surface area contributed by atoms with E-state index in [2.05, 4.69) is 10.3 Å². The Kier molecular flexibility index (Phi) is 3.72. The lowest BCUT2D eigenvalue weighted by atomic mass is 10.1. The second kappa shape index (κ2) is 5.27. The van der Waals surface area contributed by atoms with Crippen LogP contribution in [0, 0.1) is 6.92 Å². The van der Waals surface area contributed by atoms with E-state index >= 15 is 0 Å². The summed E-state index contributed by atoms with van der Waals surface area (Å²) in [5, 5.41) is 4.04. The molecule has 18 heavy (non-hydrogen) atoms. The minimum Gasteiger partial charge on any atom is -0.398 e. The summed E-state index contributed by atoms with van der Waals surface area (Å²) in [5.74, 6) is 0.755. The molecule has 0 aliphatic carbocycles. The van der Waals surface area contributed by atoms with Crippen LogP contribution < -0.4 is 11.1 Å². The number of nitrogens with zero attached hydrogens (tertiary/aromatic N) is 1. The third kappa shape index (κ3) is 2.74. The summed E-state index contributed by atoms with van der Waals surface area (Å²) in [6.45, 7) is 3.97. The maximum atomic E-state index is 6.16. The molecule has 2 aromatic rings. The number of benzene rings is 1. The van der Waals surface area contributed by atoms with E-state index in [9.17, 15) is 0 Å². The van der Waals surface area contributed by atoms with Gasteiger partial charge in [0.05, 0.1) is 6.04 Å². The van der Waals surface area contributed by atoms with Crippen LogP contribution in [0.2, 0.25) is 5.02 Å². The Morgan fingerprint density at radius 3 is 2.72 bits per heavy atom. The van der Waals surface area contributed by atoms with Gasteiger partial charge in [-0.3, -0.25) is 0 Å². The molecule has 0 bridgehead atoms. The van der Waals surface area contributed by atoms with Gasteiger partial charge in [-0.05, 0) is 31.0 Å². The molecule has 0 saturated heterocycles. The molecule has 0 radical (unpaired) electrons. The van der Waals surface area contributed by atoms with E-state index in [1.807, 2.05) is 44.2 Å². The van der Waals surface area contributed by atoms with Crippen LogP contribution in [0.1, 0.15) is 24.1 Å². The minimum atomic E-state index is 0.0771. The number of hydrogen-bond acceptors (Lipinski definition) is 3. The van der Waals surface area contributed by atoms with Gasteiger partial charge < -0.3 is 11.1 Å². The highest BCUT2D eigenvalue weighted by molar-refractivity contribution is 6.31. The van der Waals surface area contributed by atoms with Crippen molar-refractivity contribution in [3.8, 4) is 0 Å². The fraction of sp³-hybridized carbons (Fsp3) is 0.214. The standard InChI is InChI=1S/C14H16ClN3/c1-9-8-17-14(7-13(9)16)18-10(2)11-5-3-4-6-12(11)15/h3-8,10H,1-2H3,(H3,16,17,18). The van der Waals surface area contributed by atoms with Gasteiger partial charge in [0, 0.05) is 23.0 Å². The average Bonchev–Trinajstić information content (AvgIpc) is 2.34. The summed E-state index contributed by atoms with van der Waals surface area (Å²) >= 11 is 6.16. The van der Waals surface area contributed by atoms with Crippen molar-refractivity contribution >= 4 is 23.1 Å². The molecule has 2 rings (SSSR count). The molecule has 0 spiro atoms.